The first-order chi connectivity index (χ1) is 11.5. The van der Waals surface area contributed by atoms with Crippen molar-refractivity contribution >= 4 is 5.91 Å². The van der Waals surface area contributed by atoms with Gasteiger partial charge in [0.25, 0.3) is 5.91 Å². The summed E-state index contributed by atoms with van der Waals surface area (Å²) in [5.74, 6) is 0.138. The van der Waals surface area contributed by atoms with Crippen LogP contribution in [0.2, 0.25) is 0 Å². The first-order valence-electron chi connectivity index (χ1n) is 8.90. The van der Waals surface area contributed by atoms with Crippen LogP contribution >= 0.6 is 0 Å². The van der Waals surface area contributed by atoms with Crippen molar-refractivity contribution in [2.75, 3.05) is 39.4 Å². The SMILES string of the molecule is CC1(C)CN(C(=O)c2ccccc2CN2CCOCC2)CCC1N. The van der Waals surface area contributed by atoms with E-state index in [2.05, 4.69) is 24.8 Å². The maximum atomic E-state index is 13.1. The lowest BCUT2D eigenvalue weighted by Crippen LogP contribution is -2.54. The molecule has 3 rings (SSSR count). The quantitative estimate of drug-likeness (QED) is 0.916. The van der Waals surface area contributed by atoms with Crippen molar-refractivity contribution < 1.29 is 9.53 Å². The second kappa shape index (κ2) is 7.21. The van der Waals surface area contributed by atoms with Crippen LogP contribution in [0.5, 0.6) is 0 Å². The molecule has 1 aromatic rings. The molecule has 2 aliphatic heterocycles. The molecule has 24 heavy (non-hydrogen) atoms. The average Bonchev–Trinajstić information content (AvgIpc) is 2.58. The minimum absolute atomic E-state index is 0.0347. The fourth-order valence-corrected chi connectivity index (χ4v) is 3.58. The number of hydrogen-bond acceptors (Lipinski definition) is 4. The fourth-order valence-electron chi connectivity index (χ4n) is 3.58. The zero-order valence-corrected chi connectivity index (χ0v) is 14.8. The number of morpholine rings is 1. The third-order valence-electron chi connectivity index (χ3n) is 5.34. The van der Waals surface area contributed by atoms with Gasteiger partial charge in [-0.25, -0.2) is 0 Å². The average molecular weight is 331 g/mol. The minimum Gasteiger partial charge on any atom is -0.379 e. The van der Waals surface area contributed by atoms with Gasteiger partial charge in [0.05, 0.1) is 13.2 Å². The molecule has 2 aliphatic rings. The molecule has 1 aromatic carbocycles. The van der Waals surface area contributed by atoms with Crippen LogP contribution in [-0.2, 0) is 11.3 Å². The lowest BCUT2D eigenvalue weighted by atomic mass is 9.79. The third kappa shape index (κ3) is 3.79. The van der Waals surface area contributed by atoms with Crippen LogP contribution in [0, 0.1) is 5.41 Å². The molecule has 0 aromatic heterocycles. The van der Waals surface area contributed by atoms with Gasteiger partial charge in [0.15, 0.2) is 0 Å². The van der Waals surface area contributed by atoms with Crippen molar-refractivity contribution in [3.8, 4) is 0 Å². The van der Waals surface area contributed by atoms with Crippen molar-refractivity contribution in [3.05, 3.63) is 35.4 Å². The standard InChI is InChI=1S/C19H29N3O2/c1-19(2)14-22(8-7-17(19)20)18(23)16-6-4-3-5-15(16)13-21-9-11-24-12-10-21/h3-6,17H,7-14,20H2,1-2H3. The van der Waals surface area contributed by atoms with E-state index in [1.807, 2.05) is 23.1 Å². The van der Waals surface area contributed by atoms with Gasteiger partial charge in [-0.15, -0.1) is 0 Å². The maximum Gasteiger partial charge on any atom is 0.254 e. The molecule has 2 saturated heterocycles. The molecule has 1 atom stereocenters. The van der Waals surface area contributed by atoms with Crippen LogP contribution in [0.15, 0.2) is 24.3 Å². The zero-order valence-electron chi connectivity index (χ0n) is 14.8. The van der Waals surface area contributed by atoms with Crippen molar-refractivity contribution in [2.45, 2.75) is 32.9 Å². The number of likely N-dealkylation sites (tertiary alicyclic amines) is 1. The van der Waals surface area contributed by atoms with Crippen LogP contribution in [0.25, 0.3) is 0 Å². The van der Waals surface area contributed by atoms with Crippen molar-refractivity contribution in [1.29, 1.82) is 0 Å². The Bertz CT molecular complexity index is 582. The summed E-state index contributed by atoms with van der Waals surface area (Å²) in [4.78, 5) is 17.4. The summed E-state index contributed by atoms with van der Waals surface area (Å²) in [7, 11) is 0. The van der Waals surface area contributed by atoms with E-state index in [9.17, 15) is 4.79 Å². The molecule has 2 fully saturated rings. The highest BCUT2D eigenvalue weighted by Gasteiger charge is 2.36. The van der Waals surface area contributed by atoms with E-state index in [0.29, 0.717) is 0 Å². The molecule has 2 heterocycles. The fraction of sp³-hybridized carbons (Fsp3) is 0.632. The smallest absolute Gasteiger partial charge is 0.254 e. The van der Waals surface area contributed by atoms with Gasteiger partial charge in [-0.1, -0.05) is 32.0 Å². The molecule has 1 unspecified atom stereocenters. The Morgan fingerprint density at radius 2 is 1.96 bits per heavy atom. The number of carbonyl (C=O) groups is 1. The Balaban J connectivity index is 1.75. The molecule has 0 aliphatic carbocycles. The summed E-state index contributed by atoms with van der Waals surface area (Å²) in [5.41, 5.74) is 8.11. The van der Waals surface area contributed by atoms with Crippen LogP contribution in [-0.4, -0.2) is 61.1 Å². The molecule has 5 nitrogen and oxygen atoms in total. The van der Waals surface area contributed by atoms with Crippen LogP contribution < -0.4 is 5.73 Å². The van der Waals surface area contributed by atoms with Crippen LogP contribution in [0.1, 0.15) is 36.2 Å². The normalized spacial score (nSPS) is 24.8. The lowest BCUT2D eigenvalue weighted by molar-refractivity contribution is 0.0337. The van der Waals surface area contributed by atoms with Gasteiger partial charge in [0, 0.05) is 44.3 Å². The second-order valence-electron chi connectivity index (χ2n) is 7.66. The minimum atomic E-state index is -0.0347. The first-order valence-corrected chi connectivity index (χ1v) is 8.90. The first kappa shape index (κ1) is 17.4. The number of amides is 1. The molecule has 0 saturated carbocycles. The highest BCUT2D eigenvalue weighted by Crippen LogP contribution is 2.29. The Morgan fingerprint density at radius 3 is 2.67 bits per heavy atom. The maximum absolute atomic E-state index is 13.1. The third-order valence-corrected chi connectivity index (χ3v) is 5.34. The number of benzene rings is 1. The molecule has 0 spiro atoms. The number of rotatable bonds is 3. The number of carbonyl (C=O) groups excluding carboxylic acids is 1. The number of nitrogens with zero attached hydrogens (tertiary/aromatic N) is 2. The largest absolute Gasteiger partial charge is 0.379 e. The summed E-state index contributed by atoms with van der Waals surface area (Å²) < 4.78 is 5.41. The molecule has 5 heteroatoms. The summed E-state index contributed by atoms with van der Waals surface area (Å²) in [5, 5.41) is 0. The van der Waals surface area contributed by atoms with Crippen molar-refractivity contribution in [3.63, 3.8) is 0 Å². The van der Waals surface area contributed by atoms with Gasteiger partial charge in [0.2, 0.25) is 0 Å². The number of ether oxygens (including phenoxy) is 1. The Labute approximate surface area is 144 Å². The molecular formula is C19H29N3O2. The van der Waals surface area contributed by atoms with E-state index in [1.165, 1.54) is 0 Å². The van der Waals surface area contributed by atoms with E-state index < -0.39 is 0 Å². The predicted molar refractivity (Wildman–Crippen MR) is 94.8 cm³/mol. The highest BCUT2D eigenvalue weighted by atomic mass is 16.5. The van der Waals surface area contributed by atoms with E-state index >= 15 is 0 Å². The van der Waals surface area contributed by atoms with E-state index in [4.69, 9.17) is 10.5 Å². The predicted octanol–water partition coefficient (Wildman–Crippen LogP) is 1.72. The Morgan fingerprint density at radius 1 is 1.25 bits per heavy atom. The van der Waals surface area contributed by atoms with Crippen molar-refractivity contribution in [2.24, 2.45) is 11.1 Å². The molecule has 132 valence electrons. The lowest BCUT2D eigenvalue weighted by Gasteiger charge is -2.42. The summed E-state index contributed by atoms with van der Waals surface area (Å²) in [6.45, 7) is 9.97. The van der Waals surface area contributed by atoms with E-state index in [-0.39, 0.29) is 17.4 Å². The van der Waals surface area contributed by atoms with Gasteiger partial charge in [0.1, 0.15) is 0 Å². The van der Waals surface area contributed by atoms with Crippen LogP contribution in [0.3, 0.4) is 0 Å². The second-order valence-corrected chi connectivity index (χ2v) is 7.66. The molecule has 0 bridgehead atoms. The Hall–Kier alpha value is -1.43. The van der Waals surface area contributed by atoms with Gasteiger partial charge < -0.3 is 15.4 Å². The Kier molecular flexibility index (Phi) is 5.23. The number of nitrogens with two attached hydrogens (primary N) is 1. The molecule has 1 amide bonds. The highest BCUT2D eigenvalue weighted by molar-refractivity contribution is 5.95. The van der Waals surface area contributed by atoms with Gasteiger partial charge in [-0.05, 0) is 23.5 Å². The molecule has 2 N–H and O–H groups in total. The number of hydrogen-bond donors (Lipinski definition) is 1. The van der Waals surface area contributed by atoms with Gasteiger partial charge in [-0.2, -0.15) is 0 Å². The van der Waals surface area contributed by atoms with Crippen molar-refractivity contribution in [1.82, 2.24) is 9.80 Å². The summed E-state index contributed by atoms with van der Waals surface area (Å²) >= 11 is 0. The topological polar surface area (TPSA) is 58.8 Å². The number of piperidine rings is 1. The molecule has 0 radical (unpaired) electrons. The van der Waals surface area contributed by atoms with E-state index in [0.717, 1.165) is 63.5 Å². The summed E-state index contributed by atoms with van der Waals surface area (Å²) in [6, 6.07) is 8.16. The van der Waals surface area contributed by atoms with Crippen LogP contribution in [0.4, 0.5) is 0 Å². The zero-order chi connectivity index (χ0) is 17.2. The van der Waals surface area contributed by atoms with E-state index in [1.54, 1.807) is 0 Å². The van der Waals surface area contributed by atoms with Gasteiger partial charge in [-0.3, -0.25) is 9.69 Å². The molecular weight excluding hydrogens is 302 g/mol. The monoisotopic (exact) mass is 331 g/mol. The summed E-state index contributed by atoms with van der Waals surface area (Å²) in [6.07, 6.45) is 0.865. The van der Waals surface area contributed by atoms with Gasteiger partial charge >= 0.3 is 0 Å².